The first-order valence-electron chi connectivity index (χ1n) is 6.54. The van der Waals surface area contributed by atoms with Crippen molar-refractivity contribution in [2.24, 2.45) is 5.41 Å². The molecule has 1 N–H and O–H groups in total. The highest BCUT2D eigenvalue weighted by Gasteiger charge is 2.40. The number of nitrogens with one attached hydrogen (secondary N) is 1. The van der Waals surface area contributed by atoms with Crippen molar-refractivity contribution in [3.05, 3.63) is 34.1 Å². The maximum Gasteiger partial charge on any atom is 0.127 e. The summed E-state index contributed by atoms with van der Waals surface area (Å²) >= 11 is 3.41. The molecule has 2 aliphatic rings. The standard InChI is InChI=1S/C14H18BrFN2.ClH/c15-12-1-2-13(16)11(7-12)8-18-6-4-14(10-18)3-5-17-9-14;/h1-2,7,17H,3-6,8-10H2;1H. The molecule has 3 rings (SSSR count). The van der Waals surface area contributed by atoms with Gasteiger partial charge in [0.15, 0.2) is 0 Å². The Labute approximate surface area is 128 Å². The molecule has 1 aromatic carbocycles. The summed E-state index contributed by atoms with van der Waals surface area (Å²) < 4.78 is 14.7. The molecule has 0 aromatic heterocycles. The first kappa shape index (κ1) is 15.2. The summed E-state index contributed by atoms with van der Waals surface area (Å²) in [5.41, 5.74) is 1.26. The van der Waals surface area contributed by atoms with Gasteiger partial charge in [0.1, 0.15) is 5.82 Å². The average Bonchev–Trinajstić information content (AvgIpc) is 2.95. The lowest BCUT2D eigenvalue weighted by Crippen LogP contribution is -2.29. The lowest BCUT2D eigenvalue weighted by atomic mass is 9.86. The van der Waals surface area contributed by atoms with E-state index in [9.17, 15) is 4.39 Å². The van der Waals surface area contributed by atoms with Crippen molar-refractivity contribution < 1.29 is 4.39 Å². The van der Waals surface area contributed by atoms with Gasteiger partial charge in [-0.15, -0.1) is 12.4 Å². The van der Waals surface area contributed by atoms with E-state index in [-0.39, 0.29) is 18.2 Å². The molecule has 2 fully saturated rings. The highest BCUT2D eigenvalue weighted by atomic mass is 79.9. The second-order valence-corrected chi connectivity index (χ2v) is 6.54. The van der Waals surface area contributed by atoms with Gasteiger partial charge < -0.3 is 5.32 Å². The number of hydrogen-bond acceptors (Lipinski definition) is 2. The van der Waals surface area contributed by atoms with Gasteiger partial charge in [-0.25, -0.2) is 4.39 Å². The Morgan fingerprint density at radius 2 is 2.21 bits per heavy atom. The fourth-order valence-electron chi connectivity index (χ4n) is 3.21. The van der Waals surface area contributed by atoms with E-state index in [1.54, 1.807) is 12.1 Å². The van der Waals surface area contributed by atoms with Crippen LogP contribution in [0.5, 0.6) is 0 Å². The molecule has 1 unspecified atom stereocenters. The van der Waals surface area contributed by atoms with Crippen molar-refractivity contribution in [2.45, 2.75) is 19.4 Å². The Bertz CT molecular complexity index is 449. The van der Waals surface area contributed by atoms with Crippen molar-refractivity contribution in [2.75, 3.05) is 26.2 Å². The molecule has 0 saturated carbocycles. The predicted molar refractivity (Wildman–Crippen MR) is 81.2 cm³/mol. The summed E-state index contributed by atoms with van der Waals surface area (Å²) in [5, 5.41) is 3.45. The van der Waals surface area contributed by atoms with E-state index in [1.807, 2.05) is 6.07 Å². The summed E-state index contributed by atoms with van der Waals surface area (Å²) in [6, 6.07) is 5.20. The molecule has 0 amide bonds. The summed E-state index contributed by atoms with van der Waals surface area (Å²) in [6.07, 6.45) is 2.51. The average molecular weight is 350 g/mol. The van der Waals surface area contributed by atoms with Crippen molar-refractivity contribution >= 4 is 28.3 Å². The van der Waals surface area contributed by atoms with Crippen LogP contribution in [0.2, 0.25) is 0 Å². The fourth-order valence-corrected chi connectivity index (χ4v) is 3.62. The SMILES string of the molecule is Cl.Fc1ccc(Br)cc1CN1CCC2(CCNC2)C1. The maximum absolute atomic E-state index is 13.7. The van der Waals surface area contributed by atoms with Gasteiger partial charge in [-0.05, 0) is 49.5 Å². The second-order valence-electron chi connectivity index (χ2n) is 5.62. The topological polar surface area (TPSA) is 15.3 Å². The van der Waals surface area contributed by atoms with E-state index < -0.39 is 0 Å². The molecule has 2 heterocycles. The van der Waals surface area contributed by atoms with Gasteiger partial charge in [-0.3, -0.25) is 4.90 Å². The predicted octanol–water partition coefficient (Wildman–Crippen LogP) is 3.20. The molecule has 2 saturated heterocycles. The largest absolute Gasteiger partial charge is 0.316 e. The molecular formula is C14H19BrClFN2. The molecule has 2 nitrogen and oxygen atoms in total. The van der Waals surface area contributed by atoms with Crippen LogP contribution in [0.3, 0.4) is 0 Å². The smallest absolute Gasteiger partial charge is 0.127 e. The Hall–Kier alpha value is -0.160. The molecule has 1 aromatic rings. The molecule has 0 aliphatic carbocycles. The third-order valence-electron chi connectivity index (χ3n) is 4.25. The minimum Gasteiger partial charge on any atom is -0.316 e. The molecule has 106 valence electrons. The van der Waals surface area contributed by atoms with E-state index in [0.29, 0.717) is 5.41 Å². The van der Waals surface area contributed by atoms with Crippen LogP contribution in [0.4, 0.5) is 4.39 Å². The van der Waals surface area contributed by atoms with Crippen LogP contribution in [0, 0.1) is 11.2 Å². The van der Waals surface area contributed by atoms with Gasteiger partial charge in [-0.2, -0.15) is 0 Å². The summed E-state index contributed by atoms with van der Waals surface area (Å²) in [4.78, 5) is 2.39. The zero-order valence-corrected chi connectivity index (χ0v) is 13.2. The number of halogens is 3. The first-order valence-corrected chi connectivity index (χ1v) is 7.33. The number of likely N-dealkylation sites (tertiary alicyclic amines) is 1. The van der Waals surface area contributed by atoms with E-state index in [1.165, 1.54) is 12.8 Å². The lowest BCUT2D eigenvalue weighted by Gasteiger charge is -2.23. The van der Waals surface area contributed by atoms with Crippen LogP contribution in [0.25, 0.3) is 0 Å². The van der Waals surface area contributed by atoms with Crippen LogP contribution >= 0.6 is 28.3 Å². The monoisotopic (exact) mass is 348 g/mol. The third kappa shape index (κ3) is 3.30. The van der Waals surface area contributed by atoms with Crippen molar-refractivity contribution in [1.82, 2.24) is 10.2 Å². The molecule has 1 atom stereocenters. The van der Waals surface area contributed by atoms with E-state index >= 15 is 0 Å². The second kappa shape index (κ2) is 6.08. The minimum absolute atomic E-state index is 0. The van der Waals surface area contributed by atoms with Crippen LogP contribution in [-0.4, -0.2) is 31.1 Å². The Kier molecular flexibility index (Phi) is 4.88. The van der Waals surface area contributed by atoms with Crippen LogP contribution < -0.4 is 5.32 Å². The zero-order valence-electron chi connectivity index (χ0n) is 10.8. The molecule has 5 heteroatoms. The van der Waals surface area contributed by atoms with Crippen LogP contribution in [-0.2, 0) is 6.54 Å². The highest BCUT2D eigenvalue weighted by Crippen LogP contribution is 2.36. The lowest BCUT2D eigenvalue weighted by molar-refractivity contribution is 0.266. The van der Waals surface area contributed by atoms with E-state index in [4.69, 9.17) is 0 Å². The minimum atomic E-state index is -0.0938. The molecule has 19 heavy (non-hydrogen) atoms. The summed E-state index contributed by atoms with van der Waals surface area (Å²) in [5.74, 6) is -0.0938. The Morgan fingerprint density at radius 3 is 2.95 bits per heavy atom. The zero-order chi connectivity index (χ0) is 12.6. The van der Waals surface area contributed by atoms with Gasteiger partial charge in [-0.1, -0.05) is 15.9 Å². The maximum atomic E-state index is 13.7. The Balaban J connectivity index is 0.00000133. The summed E-state index contributed by atoms with van der Waals surface area (Å²) in [6.45, 7) is 5.19. The number of rotatable bonds is 2. The van der Waals surface area contributed by atoms with Gasteiger partial charge in [0.2, 0.25) is 0 Å². The number of benzene rings is 1. The quantitative estimate of drug-likeness (QED) is 0.882. The van der Waals surface area contributed by atoms with Crippen LogP contribution in [0.1, 0.15) is 18.4 Å². The molecule has 0 bridgehead atoms. The van der Waals surface area contributed by atoms with Gasteiger partial charge >= 0.3 is 0 Å². The van der Waals surface area contributed by atoms with Crippen molar-refractivity contribution in [1.29, 1.82) is 0 Å². The van der Waals surface area contributed by atoms with Crippen molar-refractivity contribution in [3.8, 4) is 0 Å². The van der Waals surface area contributed by atoms with Crippen molar-refractivity contribution in [3.63, 3.8) is 0 Å². The molecule has 2 aliphatic heterocycles. The van der Waals surface area contributed by atoms with Gasteiger partial charge in [0, 0.05) is 29.7 Å². The first-order chi connectivity index (χ1) is 8.67. The normalized spacial score (nSPS) is 26.8. The summed E-state index contributed by atoms with van der Waals surface area (Å²) in [7, 11) is 0. The highest BCUT2D eigenvalue weighted by molar-refractivity contribution is 9.10. The number of hydrogen-bond donors (Lipinski definition) is 1. The van der Waals surface area contributed by atoms with E-state index in [2.05, 4.69) is 26.1 Å². The molecular weight excluding hydrogens is 331 g/mol. The molecule has 1 spiro atoms. The Morgan fingerprint density at radius 1 is 1.37 bits per heavy atom. The molecule has 0 radical (unpaired) electrons. The fraction of sp³-hybridized carbons (Fsp3) is 0.571. The van der Waals surface area contributed by atoms with Gasteiger partial charge in [0.25, 0.3) is 0 Å². The van der Waals surface area contributed by atoms with Gasteiger partial charge in [0.05, 0.1) is 0 Å². The van der Waals surface area contributed by atoms with E-state index in [0.717, 1.165) is 42.8 Å². The number of nitrogens with zero attached hydrogens (tertiary/aromatic N) is 1. The van der Waals surface area contributed by atoms with Crippen LogP contribution in [0.15, 0.2) is 22.7 Å². The third-order valence-corrected chi connectivity index (χ3v) is 4.74.